The molecule has 0 fully saturated rings. The van der Waals surface area contributed by atoms with Crippen molar-refractivity contribution < 1.29 is 4.79 Å². The SMILES string of the molecule is Cc1csc(S[C@H](C)C(=O)NCCC2=CCCCC2)n1. The average molecular weight is 310 g/mol. The van der Waals surface area contributed by atoms with Gasteiger partial charge < -0.3 is 5.32 Å². The molecule has 20 heavy (non-hydrogen) atoms. The highest BCUT2D eigenvalue weighted by Crippen LogP contribution is 2.26. The fourth-order valence-corrected chi connectivity index (χ4v) is 4.22. The monoisotopic (exact) mass is 310 g/mol. The summed E-state index contributed by atoms with van der Waals surface area (Å²) in [6, 6.07) is 0. The zero-order valence-electron chi connectivity index (χ0n) is 12.1. The molecule has 0 unspecified atom stereocenters. The summed E-state index contributed by atoms with van der Waals surface area (Å²) >= 11 is 3.14. The Morgan fingerprint density at radius 1 is 1.55 bits per heavy atom. The number of thiazole rings is 1. The van der Waals surface area contributed by atoms with Gasteiger partial charge in [-0.15, -0.1) is 11.3 Å². The van der Waals surface area contributed by atoms with Gasteiger partial charge in [0.25, 0.3) is 0 Å². The van der Waals surface area contributed by atoms with Crippen molar-refractivity contribution in [2.75, 3.05) is 6.54 Å². The van der Waals surface area contributed by atoms with Crippen molar-refractivity contribution in [1.82, 2.24) is 10.3 Å². The van der Waals surface area contributed by atoms with Gasteiger partial charge in [0, 0.05) is 17.6 Å². The maximum Gasteiger partial charge on any atom is 0.233 e. The van der Waals surface area contributed by atoms with Crippen LogP contribution < -0.4 is 5.32 Å². The number of rotatable bonds is 6. The molecule has 1 aromatic heterocycles. The number of amides is 1. The van der Waals surface area contributed by atoms with E-state index >= 15 is 0 Å². The Bertz CT molecular complexity index is 482. The molecule has 3 nitrogen and oxygen atoms in total. The molecule has 1 atom stereocenters. The molecule has 0 aromatic carbocycles. The molecule has 1 aliphatic carbocycles. The highest BCUT2D eigenvalue weighted by molar-refractivity contribution is 8.02. The van der Waals surface area contributed by atoms with Gasteiger partial charge in [0.15, 0.2) is 4.34 Å². The number of nitrogens with one attached hydrogen (secondary N) is 1. The van der Waals surface area contributed by atoms with E-state index in [4.69, 9.17) is 0 Å². The molecule has 0 aliphatic heterocycles. The molecule has 1 N–H and O–H groups in total. The van der Waals surface area contributed by atoms with Gasteiger partial charge >= 0.3 is 0 Å². The minimum Gasteiger partial charge on any atom is -0.355 e. The fourth-order valence-electron chi connectivity index (χ4n) is 2.21. The van der Waals surface area contributed by atoms with Gasteiger partial charge in [0.1, 0.15) is 0 Å². The zero-order chi connectivity index (χ0) is 14.4. The van der Waals surface area contributed by atoms with Gasteiger partial charge in [-0.05, 0) is 46.0 Å². The van der Waals surface area contributed by atoms with Crippen LogP contribution >= 0.6 is 23.1 Å². The molecular weight excluding hydrogens is 288 g/mol. The van der Waals surface area contributed by atoms with Crippen LogP contribution in [0.4, 0.5) is 0 Å². The predicted octanol–water partition coefficient (Wildman–Crippen LogP) is 3.94. The summed E-state index contributed by atoms with van der Waals surface area (Å²) in [7, 11) is 0. The van der Waals surface area contributed by atoms with E-state index in [2.05, 4.69) is 16.4 Å². The number of aromatic nitrogens is 1. The third-order valence-electron chi connectivity index (χ3n) is 3.38. The summed E-state index contributed by atoms with van der Waals surface area (Å²) in [5, 5.41) is 4.97. The largest absolute Gasteiger partial charge is 0.355 e. The van der Waals surface area contributed by atoms with E-state index < -0.39 is 0 Å². The number of carbonyl (C=O) groups excluding carboxylic acids is 1. The molecule has 0 bridgehead atoms. The lowest BCUT2D eigenvalue weighted by atomic mass is 9.97. The van der Waals surface area contributed by atoms with Crippen LogP contribution in [0, 0.1) is 6.92 Å². The summed E-state index contributed by atoms with van der Waals surface area (Å²) < 4.78 is 0.972. The van der Waals surface area contributed by atoms with Crippen LogP contribution in [0.25, 0.3) is 0 Å². The summed E-state index contributed by atoms with van der Waals surface area (Å²) in [6.45, 7) is 4.67. The fraction of sp³-hybridized carbons (Fsp3) is 0.600. The van der Waals surface area contributed by atoms with Crippen molar-refractivity contribution >= 4 is 29.0 Å². The van der Waals surface area contributed by atoms with Gasteiger partial charge in [0.2, 0.25) is 5.91 Å². The second-order valence-corrected chi connectivity index (χ2v) is 7.61. The number of thioether (sulfide) groups is 1. The van der Waals surface area contributed by atoms with E-state index in [9.17, 15) is 4.79 Å². The van der Waals surface area contributed by atoms with Crippen LogP contribution in [-0.4, -0.2) is 22.7 Å². The molecule has 110 valence electrons. The van der Waals surface area contributed by atoms with Gasteiger partial charge in [0.05, 0.1) is 5.25 Å². The molecule has 0 saturated carbocycles. The lowest BCUT2D eigenvalue weighted by Crippen LogP contribution is -2.31. The Hall–Kier alpha value is -0.810. The molecule has 1 heterocycles. The minimum absolute atomic E-state index is 0.0825. The van der Waals surface area contributed by atoms with Crippen LogP contribution in [-0.2, 0) is 4.79 Å². The first-order chi connectivity index (χ1) is 9.65. The Balaban J connectivity index is 1.69. The first kappa shape index (κ1) is 15.6. The number of hydrogen-bond acceptors (Lipinski definition) is 4. The van der Waals surface area contributed by atoms with Gasteiger partial charge in [-0.25, -0.2) is 4.98 Å². The maximum atomic E-state index is 12.0. The molecule has 0 saturated heterocycles. The summed E-state index contributed by atoms with van der Waals surface area (Å²) in [6.07, 6.45) is 8.37. The lowest BCUT2D eigenvalue weighted by Gasteiger charge is -2.14. The number of carbonyl (C=O) groups is 1. The van der Waals surface area contributed by atoms with Crippen molar-refractivity contribution in [2.45, 2.75) is 55.5 Å². The quantitative estimate of drug-likeness (QED) is 0.639. The normalized spacial score (nSPS) is 16.6. The second kappa shape index (κ2) is 7.84. The third-order valence-corrected chi connectivity index (χ3v) is 5.56. The van der Waals surface area contributed by atoms with Crippen LogP contribution in [0.15, 0.2) is 21.4 Å². The summed E-state index contributed by atoms with van der Waals surface area (Å²) in [5.74, 6) is 0.110. The standard InChI is InChI=1S/C15H22N2OS2/c1-11-10-19-15(17-11)20-12(2)14(18)16-9-8-13-6-4-3-5-7-13/h6,10,12H,3-5,7-9H2,1-2H3,(H,16,18)/t12-/m1/s1. The molecule has 0 spiro atoms. The number of nitrogens with zero attached hydrogens (tertiary/aromatic N) is 1. The molecule has 0 radical (unpaired) electrons. The number of aryl methyl sites for hydroxylation is 1. The number of allylic oxidation sites excluding steroid dienone is 1. The zero-order valence-corrected chi connectivity index (χ0v) is 13.8. The first-order valence-corrected chi connectivity index (χ1v) is 8.95. The Morgan fingerprint density at radius 2 is 2.40 bits per heavy atom. The Labute approximate surface area is 129 Å². The van der Waals surface area contributed by atoms with E-state index in [-0.39, 0.29) is 11.2 Å². The van der Waals surface area contributed by atoms with Gasteiger partial charge in [-0.3, -0.25) is 4.79 Å². The lowest BCUT2D eigenvalue weighted by molar-refractivity contribution is -0.120. The van der Waals surface area contributed by atoms with Crippen LogP contribution in [0.1, 0.15) is 44.7 Å². The first-order valence-electron chi connectivity index (χ1n) is 7.19. The minimum atomic E-state index is -0.0825. The van der Waals surface area contributed by atoms with Crippen LogP contribution in [0.2, 0.25) is 0 Å². The molecule has 1 aliphatic rings. The van der Waals surface area contributed by atoms with Crippen LogP contribution in [0.5, 0.6) is 0 Å². The molecule has 1 aromatic rings. The van der Waals surface area contributed by atoms with Gasteiger partial charge in [-0.1, -0.05) is 23.4 Å². The van der Waals surface area contributed by atoms with E-state index in [1.54, 1.807) is 11.3 Å². The van der Waals surface area contributed by atoms with E-state index in [0.29, 0.717) is 0 Å². The van der Waals surface area contributed by atoms with E-state index in [1.165, 1.54) is 43.0 Å². The summed E-state index contributed by atoms with van der Waals surface area (Å²) in [5.41, 5.74) is 2.53. The topological polar surface area (TPSA) is 42.0 Å². The molecular formula is C15H22N2OS2. The van der Waals surface area contributed by atoms with E-state index in [0.717, 1.165) is 23.0 Å². The number of hydrogen-bond donors (Lipinski definition) is 1. The van der Waals surface area contributed by atoms with E-state index in [1.807, 2.05) is 19.2 Å². The molecule has 2 rings (SSSR count). The van der Waals surface area contributed by atoms with Crippen molar-refractivity contribution in [2.24, 2.45) is 0 Å². The molecule has 1 amide bonds. The van der Waals surface area contributed by atoms with Crippen molar-refractivity contribution in [3.8, 4) is 0 Å². The smallest absolute Gasteiger partial charge is 0.233 e. The third kappa shape index (κ3) is 4.94. The Kier molecular flexibility index (Phi) is 6.10. The molecule has 5 heteroatoms. The van der Waals surface area contributed by atoms with Gasteiger partial charge in [-0.2, -0.15) is 0 Å². The average Bonchev–Trinajstić information content (AvgIpc) is 2.85. The van der Waals surface area contributed by atoms with Crippen molar-refractivity contribution in [3.05, 3.63) is 22.7 Å². The Morgan fingerprint density at radius 3 is 3.05 bits per heavy atom. The highest BCUT2D eigenvalue weighted by Gasteiger charge is 2.15. The predicted molar refractivity (Wildman–Crippen MR) is 86.3 cm³/mol. The maximum absolute atomic E-state index is 12.0. The highest BCUT2D eigenvalue weighted by atomic mass is 32.2. The second-order valence-electron chi connectivity index (χ2n) is 5.16. The van der Waals surface area contributed by atoms with Crippen LogP contribution in [0.3, 0.4) is 0 Å². The van der Waals surface area contributed by atoms with Crippen molar-refractivity contribution in [1.29, 1.82) is 0 Å². The summed E-state index contributed by atoms with van der Waals surface area (Å²) in [4.78, 5) is 16.4. The van der Waals surface area contributed by atoms with Crippen molar-refractivity contribution in [3.63, 3.8) is 0 Å².